The molecule has 1 aromatic heterocycles. The summed E-state index contributed by atoms with van der Waals surface area (Å²) in [5.41, 5.74) is 3.65. The number of anilines is 1. The number of nitrogens with zero attached hydrogens (tertiary/aromatic N) is 2. The van der Waals surface area contributed by atoms with Crippen molar-refractivity contribution < 1.29 is 9.72 Å². The first-order valence-corrected chi connectivity index (χ1v) is 7.59. The molecule has 3 N–H and O–H groups in total. The average molecular weight is 331 g/mol. The third-order valence-electron chi connectivity index (χ3n) is 3.89. The number of nitro groups is 1. The van der Waals surface area contributed by atoms with Crippen LogP contribution >= 0.6 is 0 Å². The zero-order chi connectivity index (χ0) is 17.9. The van der Waals surface area contributed by atoms with Crippen molar-refractivity contribution in [3.63, 3.8) is 0 Å². The highest BCUT2D eigenvalue weighted by Gasteiger charge is 2.15. The summed E-state index contributed by atoms with van der Waals surface area (Å²) in [6.07, 6.45) is 0. The van der Waals surface area contributed by atoms with Crippen LogP contribution in [0.4, 0.5) is 11.4 Å². The molecule has 24 heavy (non-hydrogen) atoms. The molecule has 1 atom stereocenters. The number of benzene rings is 1. The summed E-state index contributed by atoms with van der Waals surface area (Å²) in [4.78, 5) is 22.7. The Balaban J connectivity index is 1.98. The van der Waals surface area contributed by atoms with Gasteiger partial charge in [0.05, 0.1) is 28.5 Å². The van der Waals surface area contributed by atoms with E-state index in [1.807, 2.05) is 19.9 Å². The summed E-state index contributed by atoms with van der Waals surface area (Å²) < 4.78 is 0. The number of nitrogens with one attached hydrogen (secondary N) is 3. The van der Waals surface area contributed by atoms with Crippen molar-refractivity contribution in [3.05, 3.63) is 50.8 Å². The van der Waals surface area contributed by atoms with Crippen molar-refractivity contribution in [2.24, 2.45) is 0 Å². The quantitative estimate of drug-likeness (QED) is 0.556. The van der Waals surface area contributed by atoms with Crippen LogP contribution in [0.25, 0.3) is 0 Å². The maximum Gasteiger partial charge on any atom is 0.272 e. The van der Waals surface area contributed by atoms with Crippen LogP contribution in [0.15, 0.2) is 18.2 Å². The van der Waals surface area contributed by atoms with Gasteiger partial charge in [0.1, 0.15) is 0 Å². The Morgan fingerprint density at radius 3 is 2.67 bits per heavy atom. The lowest BCUT2D eigenvalue weighted by Gasteiger charge is -2.14. The number of rotatable bonds is 6. The lowest BCUT2D eigenvalue weighted by molar-refractivity contribution is -0.385. The minimum atomic E-state index is -0.400. The lowest BCUT2D eigenvalue weighted by atomic mass is 10.0. The van der Waals surface area contributed by atoms with Gasteiger partial charge in [-0.05, 0) is 33.3 Å². The third-order valence-corrected chi connectivity index (χ3v) is 3.89. The van der Waals surface area contributed by atoms with Gasteiger partial charge in [0.2, 0.25) is 5.91 Å². The molecular weight excluding hydrogens is 310 g/mol. The topological polar surface area (TPSA) is 113 Å². The second-order valence-corrected chi connectivity index (χ2v) is 5.76. The van der Waals surface area contributed by atoms with E-state index in [-0.39, 0.29) is 24.2 Å². The smallest absolute Gasteiger partial charge is 0.272 e. The number of aryl methyl sites for hydroxylation is 3. The largest absolute Gasteiger partial charge is 0.322 e. The zero-order valence-electron chi connectivity index (χ0n) is 14.1. The molecule has 0 radical (unpaired) electrons. The highest BCUT2D eigenvalue weighted by atomic mass is 16.6. The zero-order valence-corrected chi connectivity index (χ0v) is 14.1. The van der Waals surface area contributed by atoms with E-state index in [0.29, 0.717) is 11.3 Å². The van der Waals surface area contributed by atoms with Crippen LogP contribution < -0.4 is 10.6 Å². The van der Waals surface area contributed by atoms with E-state index < -0.39 is 4.92 Å². The molecular formula is C16H21N5O3. The van der Waals surface area contributed by atoms with Gasteiger partial charge in [0.25, 0.3) is 5.69 Å². The lowest BCUT2D eigenvalue weighted by Crippen LogP contribution is -2.30. The molecule has 8 heteroatoms. The Morgan fingerprint density at radius 1 is 1.38 bits per heavy atom. The molecule has 128 valence electrons. The van der Waals surface area contributed by atoms with Gasteiger partial charge < -0.3 is 10.6 Å². The van der Waals surface area contributed by atoms with E-state index in [4.69, 9.17) is 0 Å². The van der Waals surface area contributed by atoms with Crippen molar-refractivity contribution >= 4 is 17.3 Å². The van der Waals surface area contributed by atoms with Crippen molar-refractivity contribution in [1.82, 2.24) is 15.5 Å². The molecule has 0 aliphatic rings. The van der Waals surface area contributed by atoms with Crippen LogP contribution in [0.1, 0.15) is 35.5 Å². The van der Waals surface area contributed by atoms with Gasteiger partial charge >= 0.3 is 0 Å². The summed E-state index contributed by atoms with van der Waals surface area (Å²) in [5, 5.41) is 23.7. The second-order valence-electron chi connectivity index (χ2n) is 5.76. The molecule has 0 fully saturated rings. The molecule has 8 nitrogen and oxygen atoms in total. The van der Waals surface area contributed by atoms with Gasteiger partial charge in [-0.15, -0.1) is 0 Å². The Labute approximate surface area is 139 Å². The van der Waals surface area contributed by atoms with E-state index in [2.05, 4.69) is 20.8 Å². The van der Waals surface area contributed by atoms with Crippen LogP contribution in [-0.4, -0.2) is 27.6 Å². The number of amides is 1. The molecule has 0 bridgehead atoms. The Morgan fingerprint density at radius 2 is 2.08 bits per heavy atom. The molecule has 1 heterocycles. The van der Waals surface area contributed by atoms with Crippen LogP contribution in [0.3, 0.4) is 0 Å². The first kappa shape index (κ1) is 17.6. The van der Waals surface area contributed by atoms with Gasteiger partial charge in [0.15, 0.2) is 0 Å². The average Bonchev–Trinajstić information content (AvgIpc) is 2.84. The minimum Gasteiger partial charge on any atom is -0.322 e. The molecule has 0 spiro atoms. The summed E-state index contributed by atoms with van der Waals surface area (Å²) in [5.74, 6) is -0.198. The first-order chi connectivity index (χ1) is 11.3. The van der Waals surface area contributed by atoms with Crippen LogP contribution in [0, 0.1) is 30.9 Å². The number of aromatic amines is 1. The SMILES string of the molecule is Cc1ccc([C@H](C)NCC(=O)Nc2c(C)n[nH]c2C)cc1[N+](=O)[O-]. The van der Waals surface area contributed by atoms with Gasteiger partial charge in [-0.1, -0.05) is 12.1 Å². The molecule has 2 rings (SSSR count). The van der Waals surface area contributed by atoms with E-state index in [0.717, 1.165) is 17.0 Å². The Kier molecular flexibility index (Phi) is 5.30. The predicted molar refractivity (Wildman–Crippen MR) is 90.9 cm³/mol. The van der Waals surface area contributed by atoms with E-state index in [1.54, 1.807) is 19.9 Å². The fourth-order valence-electron chi connectivity index (χ4n) is 2.37. The fourth-order valence-corrected chi connectivity index (χ4v) is 2.37. The first-order valence-electron chi connectivity index (χ1n) is 7.59. The number of H-pyrrole nitrogens is 1. The normalized spacial score (nSPS) is 12.0. The van der Waals surface area contributed by atoms with Gasteiger partial charge in [-0.25, -0.2) is 0 Å². The molecule has 2 aromatic rings. The van der Waals surface area contributed by atoms with Crippen molar-refractivity contribution in [2.75, 3.05) is 11.9 Å². The van der Waals surface area contributed by atoms with Crippen molar-refractivity contribution in [3.8, 4) is 0 Å². The highest BCUT2D eigenvalue weighted by molar-refractivity contribution is 5.93. The summed E-state index contributed by atoms with van der Waals surface area (Å²) in [7, 11) is 0. The second kappa shape index (κ2) is 7.22. The number of aromatic nitrogens is 2. The maximum atomic E-state index is 12.1. The monoisotopic (exact) mass is 331 g/mol. The van der Waals surface area contributed by atoms with Gasteiger partial charge in [-0.3, -0.25) is 20.0 Å². The van der Waals surface area contributed by atoms with Crippen molar-refractivity contribution in [2.45, 2.75) is 33.7 Å². The highest BCUT2D eigenvalue weighted by Crippen LogP contribution is 2.23. The minimum absolute atomic E-state index is 0.0789. The Bertz CT molecular complexity index is 750. The molecule has 0 aliphatic heterocycles. The fraction of sp³-hybridized carbons (Fsp3) is 0.375. The summed E-state index contributed by atoms with van der Waals surface area (Å²) >= 11 is 0. The van der Waals surface area contributed by atoms with E-state index in [9.17, 15) is 14.9 Å². The van der Waals surface area contributed by atoms with E-state index >= 15 is 0 Å². The predicted octanol–water partition coefficient (Wildman–Crippen LogP) is 2.53. The molecule has 0 saturated heterocycles. The standard InChI is InChI=1S/C16H21N5O3/c1-9-5-6-13(7-14(9)21(23)24)10(2)17-8-15(22)18-16-11(3)19-20-12(16)4/h5-7,10,17H,8H2,1-4H3,(H,18,22)(H,19,20)/t10-/m0/s1. The van der Waals surface area contributed by atoms with Crippen LogP contribution in [-0.2, 0) is 4.79 Å². The Hall–Kier alpha value is -2.74. The molecule has 1 aromatic carbocycles. The van der Waals surface area contributed by atoms with Crippen LogP contribution in [0.5, 0.6) is 0 Å². The maximum absolute atomic E-state index is 12.1. The van der Waals surface area contributed by atoms with Gasteiger partial charge in [-0.2, -0.15) is 5.10 Å². The molecule has 1 amide bonds. The number of hydrogen-bond acceptors (Lipinski definition) is 5. The number of hydrogen-bond donors (Lipinski definition) is 3. The molecule has 0 aliphatic carbocycles. The van der Waals surface area contributed by atoms with Crippen molar-refractivity contribution in [1.29, 1.82) is 0 Å². The van der Waals surface area contributed by atoms with Gasteiger partial charge in [0, 0.05) is 17.7 Å². The molecule has 0 unspecified atom stereocenters. The van der Waals surface area contributed by atoms with E-state index in [1.165, 1.54) is 6.07 Å². The number of carbonyl (C=O) groups excluding carboxylic acids is 1. The molecule has 0 saturated carbocycles. The summed E-state index contributed by atoms with van der Waals surface area (Å²) in [6.45, 7) is 7.28. The number of carbonyl (C=O) groups is 1. The van der Waals surface area contributed by atoms with Crippen LogP contribution in [0.2, 0.25) is 0 Å². The number of nitro benzene ring substituents is 1. The summed E-state index contributed by atoms with van der Waals surface area (Å²) in [6, 6.07) is 4.88. The third kappa shape index (κ3) is 3.96.